The van der Waals surface area contributed by atoms with E-state index in [0.717, 1.165) is 29.8 Å². The SMILES string of the molecule is Cc1cc(NC(C)(C)C)ncc1-c1sc(C(=O)N2CC(CO)C2)nc1C(=O)N1CCC[C@@H]1C. The lowest BCUT2D eigenvalue weighted by Crippen LogP contribution is -2.51. The fourth-order valence-electron chi connectivity index (χ4n) is 4.34. The van der Waals surface area contributed by atoms with Crippen LogP contribution in [0.15, 0.2) is 12.3 Å². The van der Waals surface area contributed by atoms with Crippen LogP contribution < -0.4 is 5.32 Å². The molecule has 2 aliphatic heterocycles. The van der Waals surface area contributed by atoms with Crippen molar-refractivity contribution in [1.29, 1.82) is 0 Å². The summed E-state index contributed by atoms with van der Waals surface area (Å²) in [4.78, 5) is 39.9. The van der Waals surface area contributed by atoms with E-state index >= 15 is 0 Å². The van der Waals surface area contributed by atoms with Gasteiger partial charge in [0.2, 0.25) is 0 Å². The monoisotopic (exact) mass is 471 g/mol. The first-order valence-corrected chi connectivity index (χ1v) is 12.4. The van der Waals surface area contributed by atoms with Crippen molar-refractivity contribution in [3.05, 3.63) is 28.5 Å². The van der Waals surface area contributed by atoms with Crippen LogP contribution >= 0.6 is 11.3 Å². The minimum absolute atomic E-state index is 0.0727. The highest BCUT2D eigenvalue weighted by Gasteiger charge is 2.35. The van der Waals surface area contributed by atoms with E-state index in [9.17, 15) is 14.7 Å². The zero-order chi connectivity index (χ0) is 23.9. The van der Waals surface area contributed by atoms with Crippen molar-refractivity contribution in [2.45, 2.75) is 59.0 Å². The number of nitrogens with zero attached hydrogens (tertiary/aromatic N) is 4. The first-order chi connectivity index (χ1) is 15.6. The zero-order valence-corrected chi connectivity index (χ0v) is 20.8. The summed E-state index contributed by atoms with van der Waals surface area (Å²) in [6, 6.07) is 2.12. The lowest BCUT2D eigenvalue weighted by molar-refractivity contribution is 0.0361. The number of aromatic nitrogens is 2. The Balaban J connectivity index is 1.70. The maximum absolute atomic E-state index is 13.5. The second-order valence-electron chi connectivity index (χ2n) is 10.2. The van der Waals surface area contributed by atoms with Gasteiger partial charge in [-0.15, -0.1) is 11.3 Å². The number of pyridine rings is 1. The first kappa shape index (κ1) is 23.6. The van der Waals surface area contributed by atoms with Gasteiger partial charge in [0.1, 0.15) is 11.5 Å². The number of thiazole rings is 1. The van der Waals surface area contributed by atoms with Gasteiger partial charge in [0.25, 0.3) is 11.8 Å². The summed E-state index contributed by atoms with van der Waals surface area (Å²) in [6.45, 7) is 12.1. The van der Waals surface area contributed by atoms with Crippen molar-refractivity contribution >= 4 is 29.0 Å². The Morgan fingerprint density at radius 2 is 2.00 bits per heavy atom. The van der Waals surface area contributed by atoms with E-state index < -0.39 is 0 Å². The molecule has 1 atom stereocenters. The number of rotatable bonds is 5. The number of nitrogens with one attached hydrogen (secondary N) is 1. The fraction of sp³-hybridized carbons (Fsp3) is 0.583. The number of aliphatic hydroxyl groups is 1. The summed E-state index contributed by atoms with van der Waals surface area (Å²) in [5.74, 6) is 0.574. The Kier molecular flexibility index (Phi) is 6.46. The van der Waals surface area contributed by atoms with Crippen LogP contribution in [0.1, 0.15) is 66.4 Å². The van der Waals surface area contributed by atoms with Crippen molar-refractivity contribution in [2.75, 3.05) is 31.6 Å². The molecule has 2 saturated heterocycles. The third-order valence-electron chi connectivity index (χ3n) is 6.19. The van der Waals surface area contributed by atoms with Gasteiger partial charge in [-0.25, -0.2) is 9.97 Å². The molecule has 2 aliphatic rings. The third kappa shape index (κ3) is 4.89. The van der Waals surface area contributed by atoms with Gasteiger partial charge in [-0.3, -0.25) is 9.59 Å². The van der Waals surface area contributed by atoms with Crippen LogP contribution in [0, 0.1) is 12.8 Å². The molecule has 33 heavy (non-hydrogen) atoms. The summed E-state index contributed by atoms with van der Waals surface area (Å²) >= 11 is 1.26. The van der Waals surface area contributed by atoms with E-state index in [0.29, 0.717) is 35.2 Å². The maximum Gasteiger partial charge on any atom is 0.282 e. The number of amides is 2. The van der Waals surface area contributed by atoms with Crippen molar-refractivity contribution < 1.29 is 14.7 Å². The Labute approximate surface area is 199 Å². The van der Waals surface area contributed by atoms with E-state index in [1.807, 2.05) is 17.9 Å². The number of aliphatic hydroxyl groups excluding tert-OH is 1. The molecule has 2 aromatic heterocycles. The minimum Gasteiger partial charge on any atom is -0.396 e. The summed E-state index contributed by atoms with van der Waals surface area (Å²) in [5.41, 5.74) is 1.99. The van der Waals surface area contributed by atoms with Crippen LogP contribution in [0.25, 0.3) is 10.4 Å². The molecule has 0 aliphatic carbocycles. The van der Waals surface area contributed by atoms with E-state index in [2.05, 4.69) is 43.0 Å². The zero-order valence-electron chi connectivity index (χ0n) is 20.0. The largest absolute Gasteiger partial charge is 0.396 e. The second kappa shape index (κ2) is 9.02. The number of anilines is 1. The molecular formula is C24H33N5O3S. The highest BCUT2D eigenvalue weighted by Crippen LogP contribution is 2.36. The molecule has 0 spiro atoms. The average Bonchev–Trinajstić information content (AvgIpc) is 3.32. The summed E-state index contributed by atoms with van der Waals surface area (Å²) in [5, 5.41) is 13.0. The molecule has 4 heterocycles. The van der Waals surface area contributed by atoms with Gasteiger partial charge in [0.05, 0.1) is 4.88 Å². The van der Waals surface area contributed by atoms with Crippen LogP contribution in [-0.4, -0.2) is 74.5 Å². The van der Waals surface area contributed by atoms with E-state index in [4.69, 9.17) is 0 Å². The summed E-state index contributed by atoms with van der Waals surface area (Å²) < 4.78 is 0. The first-order valence-electron chi connectivity index (χ1n) is 11.5. The van der Waals surface area contributed by atoms with Crippen molar-refractivity contribution in [3.63, 3.8) is 0 Å². The van der Waals surface area contributed by atoms with Gasteiger partial charge >= 0.3 is 0 Å². The molecule has 178 valence electrons. The second-order valence-corrected chi connectivity index (χ2v) is 11.2. The molecular weight excluding hydrogens is 438 g/mol. The lowest BCUT2D eigenvalue weighted by Gasteiger charge is -2.37. The van der Waals surface area contributed by atoms with Gasteiger partial charge in [0.15, 0.2) is 5.01 Å². The van der Waals surface area contributed by atoms with Crippen LogP contribution in [0.5, 0.6) is 0 Å². The smallest absolute Gasteiger partial charge is 0.282 e. The molecule has 0 saturated carbocycles. The Morgan fingerprint density at radius 1 is 1.27 bits per heavy atom. The number of likely N-dealkylation sites (tertiary alicyclic amines) is 2. The molecule has 2 fully saturated rings. The normalized spacial score (nSPS) is 19.0. The van der Waals surface area contributed by atoms with Crippen LogP contribution in [0.3, 0.4) is 0 Å². The van der Waals surface area contributed by atoms with Crippen LogP contribution in [0.2, 0.25) is 0 Å². The molecule has 0 unspecified atom stereocenters. The number of hydrogen-bond acceptors (Lipinski definition) is 7. The molecule has 2 aromatic rings. The Bertz CT molecular complexity index is 1050. The van der Waals surface area contributed by atoms with E-state index in [1.165, 1.54) is 11.3 Å². The third-order valence-corrected chi connectivity index (χ3v) is 7.26. The predicted octanol–water partition coefficient (Wildman–Crippen LogP) is 3.41. The molecule has 2 N–H and O–H groups in total. The van der Waals surface area contributed by atoms with Gasteiger partial charge in [-0.1, -0.05) is 0 Å². The number of hydrogen-bond donors (Lipinski definition) is 2. The molecule has 8 nitrogen and oxygen atoms in total. The predicted molar refractivity (Wildman–Crippen MR) is 130 cm³/mol. The highest BCUT2D eigenvalue weighted by atomic mass is 32.1. The Hall–Kier alpha value is -2.52. The molecule has 9 heteroatoms. The standard InChI is InChI=1S/C24H33N5O3S/c1-14-9-18(27-24(3,4)5)25-10-17(14)20-19(22(31)29-8-6-7-15(29)2)26-21(33-20)23(32)28-11-16(12-28)13-30/h9-10,15-16,30H,6-8,11-13H2,1-5H3,(H,25,27)/t15-/m0/s1. The fourth-order valence-corrected chi connectivity index (χ4v) is 5.44. The van der Waals surface area contributed by atoms with Gasteiger partial charge in [0, 0.05) is 55.5 Å². The number of carbonyl (C=O) groups is 2. The molecule has 0 bridgehead atoms. The molecule has 4 rings (SSSR count). The minimum atomic E-state index is -0.184. The van der Waals surface area contributed by atoms with E-state index in [-0.39, 0.29) is 35.9 Å². The number of aryl methyl sites for hydroxylation is 1. The summed E-state index contributed by atoms with van der Waals surface area (Å²) in [6.07, 6.45) is 3.71. The quantitative estimate of drug-likeness (QED) is 0.693. The average molecular weight is 472 g/mol. The molecule has 0 aromatic carbocycles. The Morgan fingerprint density at radius 3 is 2.58 bits per heavy atom. The van der Waals surface area contributed by atoms with Gasteiger partial charge < -0.3 is 20.2 Å². The highest BCUT2D eigenvalue weighted by molar-refractivity contribution is 7.17. The topological polar surface area (TPSA) is 98.7 Å². The van der Waals surface area contributed by atoms with Gasteiger partial charge in [-0.05, 0) is 59.1 Å². The van der Waals surface area contributed by atoms with E-state index in [1.54, 1.807) is 11.1 Å². The van der Waals surface area contributed by atoms with Crippen LogP contribution in [0.4, 0.5) is 5.82 Å². The van der Waals surface area contributed by atoms with Crippen molar-refractivity contribution in [2.24, 2.45) is 5.92 Å². The molecule has 2 amide bonds. The van der Waals surface area contributed by atoms with Gasteiger partial charge in [-0.2, -0.15) is 0 Å². The van der Waals surface area contributed by atoms with Crippen LogP contribution in [-0.2, 0) is 0 Å². The molecule has 0 radical (unpaired) electrons. The number of carbonyl (C=O) groups excluding carboxylic acids is 2. The van der Waals surface area contributed by atoms with Crippen molar-refractivity contribution in [3.8, 4) is 10.4 Å². The summed E-state index contributed by atoms with van der Waals surface area (Å²) in [7, 11) is 0. The lowest BCUT2D eigenvalue weighted by atomic mass is 10.0. The maximum atomic E-state index is 13.5. The van der Waals surface area contributed by atoms with Crippen molar-refractivity contribution in [1.82, 2.24) is 19.8 Å².